The Morgan fingerprint density at radius 1 is 1.00 bits per heavy atom. The van der Waals surface area contributed by atoms with Crippen LogP contribution in [0, 0.1) is 5.82 Å². The van der Waals surface area contributed by atoms with Crippen LogP contribution in [0.25, 0.3) is 10.8 Å². The van der Waals surface area contributed by atoms with Gasteiger partial charge >= 0.3 is 0 Å². The number of rotatable bonds is 3. The molecule has 0 aliphatic rings. The molecule has 3 heteroatoms. The molecule has 0 unspecified atom stereocenters. The van der Waals surface area contributed by atoms with Gasteiger partial charge < -0.3 is 0 Å². The fraction of sp³-hybridized carbons (Fsp3) is 0.0556. The molecule has 0 heterocycles. The molecule has 104 valence electrons. The van der Waals surface area contributed by atoms with Crippen LogP contribution < -0.4 is 0 Å². The third-order valence-electron chi connectivity index (χ3n) is 3.47. The van der Waals surface area contributed by atoms with Crippen molar-refractivity contribution < 1.29 is 9.18 Å². The summed E-state index contributed by atoms with van der Waals surface area (Å²) in [7, 11) is 0. The second-order valence-electron chi connectivity index (χ2n) is 4.87. The van der Waals surface area contributed by atoms with Gasteiger partial charge in [0.1, 0.15) is 5.82 Å². The van der Waals surface area contributed by atoms with Crippen molar-refractivity contribution in [2.45, 2.75) is 6.42 Å². The quantitative estimate of drug-likeness (QED) is 0.618. The lowest BCUT2D eigenvalue weighted by molar-refractivity contribution is 0.0993. The van der Waals surface area contributed by atoms with Crippen molar-refractivity contribution in [3.63, 3.8) is 0 Å². The van der Waals surface area contributed by atoms with Crippen molar-refractivity contribution in [3.05, 3.63) is 82.6 Å². The summed E-state index contributed by atoms with van der Waals surface area (Å²) in [5, 5.41) is 2.16. The van der Waals surface area contributed by atoms with E-state index in [0.29, 0.717) is 5.56 Å². The Labute approximate surface area is 127 Å². The summed E-state index contributed by atoms with van der Waals surface area (Å²) >= 11 is 5.64. The first kappa shape index (κ1) is 13.8. The van der Waals surface area contributed by atoms with Gasteiger partial charge in [0, 0.05) is 12.0 Å². The molecule has 0 N–H and O–H groups in total. The Hall–Kier alpha value is -2.19. The highest BCUT2D eigenvalue weighted by molar-refractivity contribution is 6.30. The van der Waals surface area contributed by atoms with Gasteiger partial charge in [-0.1, -0.05) is 54.1 Å². The van der Waals surface area contributed by atoms with Gasteiger partial charge in [0.2, 0.25) is 0 Å². The maximum Gasteiger partial charge on any atom is 0.167 e. The summed E-state index contributed by atoms with van der Waals surface area (Å²) in [6.45, 7) is 0. The summed E-state index contributed by atoms with van der Waals surface area (Å²) in [6, 6.07) is 17.9. The van der Waals surface area contributed by atoms with E-state index in [1.807, 2.05) is 42.5 Å². The van der Waals surface area contributed by atoms with Crippen molar-refractivity contribution in [2.24, 2.45) is 0 Å². The Morgan fingerprint density at radius 2 is 1.76 bits per heavy atom. The van der Waals surface area contributed by atoms with Crippen molar-refractivity contribution in [3.8, 4) is 0 Å². The molecule has 3 aromatic carbocycles. The van der Waals surface area contributed by atoms with Crippen LogP contribution in [0.2, 0.25) is 5.02 Å². The van der Waals surface area contributed by atoms with Gasteiger partial charge in [0.05, 0.1) is 5.02 Å². The third kappa shape index (κ3) is 2.81. The number of hydrogen-bond acceptors (Lipinski definition) is 1. The van der Waals surface area contributed by atoms with E-state index in [-0.39, 0.29) is 17.2 Å². The van der Waals surface area contributed by atoms with Crippen molar-refractivity contribution in [1.82, 2.24) is 0 Å². The van der Waals surface area contributed by atoms with Gasteiger partial charge in [0.15, 0.2) is 5.78 Å². The lowest BCUT2D eigenvalue weighted by Crippen LogP contribution is -2.04. The van der Waals surface area contributed by atoms with E-state index in [1.165, 1.54) is 12.1 Å². The highest BCUT2D eigenvalue weighted by atomic mass is 35.5. The monoisotopic (exact) mass is 298 g/mol. The molecule has 0 atom stereocenters. The van der Waals surface area contributed by atoms with Gasteiger partial charge in [-0.05, 0) is 34.5 Å². The number of halogens is 2. The lowest BCUT2D eigenvalue weighted by Gasteiger charge is -2.06. The Balaban J connectivity index is 1.94. The first-order chi connectivity index (χ1) is 10.1. The molecule has 0 spiro atoms. The number of hydrogen-bond donors (Lipinski definition) is 0. The van der Waals surface area contributed by atoms with Crippen molar-refractivity contribution in [1.29, 1.82) is 0 Å². The van der Waals surface area contributed by atoms with Crippen LogP contribution in [0.3, 0.4) is 0 Å². The summed E-state index contributed by atoms with van der Waals surface area (Å²) < 4.78 is 13.4. The van der Waals surface area contributed by atoms with E-state index in [9.17, 15) is 9.18 Å². The SMILES string of the molecule is O=C(Cc1cccc2ccccc12)c1ccc(Cl)c(F)c1. The first-order valence-corrected chi connectivity index (χ1v) is 6.98. The zero-order valence-corrected chi connectivity index (χ0v) is 11.9. The van der Waals surface area contributed by atoms with Crippen molar-refractivity contribution >= 4 is 28.2 Å². The molecule has 0 aliphatic heterocycles. The molecule has 0 fully saturated rings. The number of carbonyl (C=O) groups is 1. The number of fused-ring (bicyclic) bond motifs is 1. The number of Topliss-reactive ketones (excluding diaryl/α,β-unsaturated/α-hetero) is 1. The molecule has 3 aromatic rings. The van der Waals surface area contributed by atoms with Gasteiger partial charge in [-0.2, -0.15) is 0 Å². The highest BCUT2D eigenvalue weighted by Crippen LogP contribution is 2.21. The average molecular weight is 299 g/mol. The Morgan fingerprint density at radius 3 is 2.57 bits per heavy atom. The van der Waals surface area contributed by atoms with Gasteiger partial charge in [-0.15, -0.1) is 0 Å². The van der Waals surface area contributed by atoms with Crippen LogP contribution in [-0.2, 0) is 6.42 Å². The minimum atomic E-state index is -0.569. The Kier molecular flexibility index (Phi) is 3.72. The normalized spacial score (nSPS) is 10.8. The zero-order chi connectivity index (χ0) is 14.8. The van der Waals surface area contributed by atoms with Gasteiger partial charge in [-0.3, -0.25) is 4.79 Å². The van der Waals surface area contributed by atoms with Crippen LogP contribution in [0.1, 0.15) is 15.9 Å². The highest BCUT2D eigenvalue weighted by Gasteiger charge is 2.11. The summed E-state index contributed by atoms with van der Waals surface area (Å²) in [5.41, 5.74) is 1.28. The van der Waals surface area contributed by atoms with Crippen LogP contribution in [0.4, 0.5) is 4.39 Å². The molecule has 0 saturated heterocycles. The Bertz CT molecular complexity index is 821. The molecule has 0 aliphatic carbocycles. The summed E-state index contributed by atoms with van der Waals surface area (Å²) in [6.07, 6.45) is 0.239. The lowest BCUT2D eigenvalue weighted by atomic mass is 9.98. The first-order valence-electron chi connectivity index (χ1n) is 6.60. The fourth-order valence-electron chi connectivity index (χ4n) is 2.39. The van der Waals surface area contributed by atoms with Crippen molar-refractivity contribution in [2.75, 3.05) is 0 Å². The molecular weight excluding hydrogens is 287 g/mol. The van der Waals surface area contributed by atoms with Crippen LogP contribution >= 0.6 is 11.6 Å². The smallest absolute Gasteiger partial charge is 0.167 e. The molecule has 0 amide bonds. The molecule has 0 radical (unpaired) electrons. The maximum absolute atomic E-state index is 13.4. The maximum atomic E-state index is 13.4. The number of carbonyl (C=O) groups excluding carboxylic acids is 1. The van der Waals surface area contributed by atoms with E-state index in [1.54, 1.807) is 6.07 Å². The van der Waals surface area contributed by atoms with E-state index >= 15 is 0 Å². The molecule has 0 bridgehead atoms. The molecule has 3 rings (SSSR count). The fourth-order valence-corrected chi connectivity index (χ4v) is 2.51. The van der Waals surface area contributed by atoms with E-state index in [0.717, 1.165) is 16.3 Å². The summed E-state index contributed by atoms with van der Waals surface area (Å²) in [4.78, 5) is 12.3. The van der Waals surface area contributed by atoms with Gasteiger partial charge in [-0.25, -0.2) is 4.39 Å². The standard InChI is InChI=1S/C18H12ClFO/c19-16-9-8-14(10-17(16)20)18(21)11-13-6-3-5-12-4-1-2-7-15(12)13/h1-10H,11H2. The second kappa shape index (κ2) is 5.66. The van der Waals surface area contributed by atoms with Crippen LogP contribution in [0.5, 0.6) is 0 Å². The average Bonchev–Trinajstić information content (AvgIpc) is 2.50. The molecular formula is C18H12ClFO. The zero-order valence-electron chi connectivity index (χ0n) is 11.1. The second-order valence-corrected chi connectivity index (χ2v) is 5.27. The molecule has 21 heavy (non-hydrogen) atoms. The predicted molar refractivity (Wildman–Crippen MR) is 83.4 cm³/mol. The van der Waals surface area contributed by atoms with E-state index < -0.39 is 5.82 Å². The molecule has 0 aromatic heterocycles. The minimum absolute atomic E-state index is 0.0247. The molecule has 1 nitrogen and oxygen atoms in total. The van der Waals surface area contributed by atoms with E-state index in [4.69, 9.17) is 11.6 Å². The van der Waals surface area contributed by atoms with E-state index in [2.05, 4.69) is 0 Å². The number of ketones is 1. The number of benzene rings is 3. The topological polar surface area (TPSA) is 17.1 Å². The van der Waals surface area contributed by atoms with Crippen LogP contribution in [0.15, 0.2) is 60.7 Å². The molecule has 0 saturated carbocycles. The minimum Gasteiger partial charge on any atom is -0.294 e. The largest absolute Gasteiger partial charge is 0.294 e. The summed E-state index contributed by atoms with van der Waals surface area (Å²) in [5.74, 6) is -0.692. The van der Waals surface area contributed by atoms with Gasteiger partial charge in [0.25, 0.3) is 0 Å². The third-order valence-corrected chi connectivity index (χ3v) is 3.78. The van der Waals surface area contributed by atoms with Crippen LogP contribution in [-0.4, -0.2) is 5.78 Å². The predicted octanol–water partition coefficient (Wildman–Crippen LogP) is 5.06.